The van der Waals surface area contributed by atoms with Gasteiger partial charge in [-0.2, -0.15) is 0 Å². The topological polar surface area (TPSA) is 41.1 Å². The van der Waals surface area contributed by atoms with Crippen LogP contribution in [0, 0.1) is 0 Å². The van der Waals surface area contributed by atoms with Crippen LogP contribution >= 0.6 is 0 Å². The molecule has 0 aromatic heterocycles. The average Bonchev–Trinajstić information content (AvgIpc) is 1.85. The third-order valence-corrected chi connectivity index (χ3v) is 0.976. The summed E-state index contributed by atoms with van der Waals surface area (Å²) in [5.74, 6) is 0.117. The van der Waals surface area contributed by atoms with E-state index in [0.717, 1.165) is 13.1 Å². The minimum absolute atomic E-state index is 0.117. The number of amides is 1. The smallest absolute Gasteiger partial charge is 0.221 e. The van der Waals surface area contributed by atoms with Gasteiger partial charge in [0.1, 0.15) is 0 Å². The zero-order valence-corrected chi connectivity index (χ0v) is 6.03. The zero-order valence-electron chi connectivity index (χ0n) is 6.03. The SMILES string of the molecule is CCNC(=O)CCNC. The van der Waals surface area contributed by atoms with Gasteiger partial charge in [-0.05, 0) is 14.0 Å². The van der Waals surface area contributed by atoms with Crippen molar-refractivity contribution < 1.29 is 4.79 Å². The van der Waals surface area contributed by atoms with Gasteiger partial charge in [-0.15, -0.1) is 0 Å². The number of hydrogen-bond donors (Lipinski definition) is 2. The Labute approximate surface area is 55.8 Å². The van der Waals surface area contributed by atoms with E-state index in [0.29, 0.717) is 6.42 Å². The summed E-state index contributed by atoms with van der Waals surface area (Å²) in [5, 5.41) is 5.60. The lowest BCUT2D eigenvalue weighted by atomic mass is 10.4. The molecule has 2 N–H and O–H groups in total. The minimum atomic E-state index is 0.117. The lowest BCUT2D eigenvalue weighted by Gasteiger charge is -1.99. The van der Waals surface area contributed by atoms with E-state index < -0.39 is 0 Å². The van der Waals surface area contributed by atoms with Gasteiger partial charge < -0.3 is 10.6 Å². The second-order valence-electron chi connectivity index (χ2n) is 1.81. The molecule has 0 saturated carbocycles. The summed E-state index contributed by atoms with van der Waals surface area (Å²) >= 11 is 0. The van der Waals surface area contributed by atoms with Crippen LogP contribution in [0.15, 0.2) is 0 Å². The van der Waals surface area contributed by atoms with E-state index in [1.165, 1.54) is 0 Å². The van der Waals surface area contributed by atoms with Crippen LogP contribution in [0.4, 0.5) is 0 Å². The average molecular weight is 130 g/mol. The van der Waals surface area contributed by atoms with Crippen LogP contribution in [-0.2, 0) is 4.79 Å². The Hall–Kier alpha value is -0.570. The first-order valence-electron chi connectivity index (χ1n) is 3.22. The van der Waals surface area contributed by atoms with Gasteiger partial charge in [0.2, 0.25) is 5.91 Å². The molecular formula is C6H14N2O. The lowest BCUT2D eigenvalue weighted by Crippen LogP contribution is -2.25. The van der Waals surface area contributed by atoms with E-state index in [2.05, 4.69) is 10.6 Å². The Balaban J connectivity index is 3.06. The Morgan fingerprint density at radius 3 is 2.67 bits per heavy atom. The van der Waals surface area contributed by atoms with Crippen molar-refractivity contribution in [3.8, 4) is 0 Å². The van der Waals surface area contributed by atoms with Gasteiger partial charge in [0.25, 0.3) is 0 Å². The van der Waals surface area contributed by atoms with Gasteiger partial charge in [-0.3, -0.25) is 4.79 Å². The van der Waals surface area contributed by atoms with Crippen molar-refractivity contribution in [1.82, 2.24) is 10.6 Å². The molecule has 0 saturated heterocycles. The number of hydrogen-bond acceptors (Lipinski definition) is 2. The van der Waals surface area contributed by atoms with Gasteiger partial charge >= 0.3 is 0 Å². The Kier molecular flexibility index (Phi) is 5.21. The maximum atomic E-state index is 10.7. The van der Waals surface area contributed by atoms with Crippen LogP contribution in [0.2, 0.25) is 0 Å². The highest BCUT2D eigenvalue weighted by Gasteiger charge is 1.94. The quantitative estimate of drug-likeness (QED) is 0.550. The molecule has 0 heterocycles. The summed E-state index contributed by atoms with van der Waals surface area (Å²) in [5.41, 5.74) is 0. The fourth-order valence-corrected chi connectivity index (χ4v) is 0.524. The molecule has 0 aromatic carbocycles. The summed E-state index contributed by atoms with van der Waals surface area (Å²) in [4.78, 5) is 10.7. The van der Waals surface area contributed by atoms with Crippen molar-refractivity contribution in [2.45, 2.75) is 13.3 Å². The van der Waals surface area contributed by atoms with E-state index in [1.807, 2.05) is 14.0 Å². The monoisotopic (exact) mass is 130 g/mol. The highest BCUT2D eigenvalue weighted by atomic mass is 16.1. The fraction of sp³-hybridized carbons (Fsp3) is 0.833. The molecule has 9 heavy (non-hydrogen) atoms. The molecule has 0 rings (SSSR count). The van der Waals surface area contributed by atoms with Crippen molar-refractivity contribution in [1.29, 1.82) is 0 Å². The predicted octanol–water partition coefficient (Wildman–Crippen LogP) is -0.268. The number of carbonyl (C=O) groups is 1. The maximum Gasteiger partial charge on any atom is 0.221 e. The minimum Gasteiger partial charge on any atom is -0.356 e. The van der Waals surface area contributed by atoms with Gasteiger partial charge in [0.15, 0.2) is 0 Å². The molecule has 0 fully saturated rings. The van der Waals surface area contributed by atoms with Gasteiger partial charge in [0.05, 0.1) is 0 Å². The highest BCUT2D eigenvalue weighted by Crippen LogP contribution is 1.73. The van der Waals surface area contributed by atoms with Crippen molar-refractivity contribution in [2.75, 3.05) is 20.1 Å². The van der Waals surface area contributed by atoms with Crippen LogP contribution < -0.4 is 10.6 Å². The van der Waals surface area contributed by atoms with Gasteiger partial charge in [0, 0.05) is 19.5 Å². The molecule has 0 aliphatic carbocycles. The molecule has 0 aliphatic rings. The molecule has 0 atom stereocenters. The second kappa shape index (κ2) is 5.56. The first kappa shape index (κ1) is 8.43. The van der Waals surface area contributed by atoms with Crippen molar-refractivity contribution in [3.05, 3.63) is 0 Å². The molecule has 54 valence electrons. The number of rotatable bonds is 4. The first-order chi connectivity index (χ1) is 4.31. The second-order valence-corrected chi connectivity index (χ2v) is 1.81. The molecule has 0 aromatic rings. The van der Waals surface area contributed by atoms with E-state index in [9.17, 15) is 4.79 Å². The van der Waals surface area contributed by atoms with E-state index in [1.54, 1.807) is 0 Å². The predicted molar refractivity (Wildman–Crippen MR) is 37.2 cm³/mol. The van der Waals surface area contributed by atoms with Crippen LogP contribution in [-0.4, -0.2) is 26.0 Å². The third-order valence-electron chi connectivity index (χ3n) is 0.976. The summed E-state index contributed by atoms with van der Waals surface area (Å²) in [7, 11) is 1.83. The van der Waals surface area contributed by atoms with E-state index >= 15 is 0 Å². The Morgan fingerprint density at radius 2 is 2.22 bits per heavy atom. The largest absolute Gasteiger partial charge is 0.356 e. The summed E-state index contributed by atoms with van der Waals surface area (Å²) in [6, 6.07) is 0. The molecule has 3 heteroatoms. The van der Waals surface area contributed by atoms with Crippen LogP contribution in [0.5, 0.6) is 0 Å². The highest BCUT2D eigenvalue weighted by molar-refractivity contribution is 5.75. The molecule has 3 nitrogen and oxygen atoms in total. The van der Waals surface area contributed by atoms with E-state index in [4.69, 9.17) is 0 Å². The zero-order chi connectivity index (χ0) is 7.11. The molecule has 1 amide bonds. The summed E-state index contributed by atoms with van der Waals surface area (Å²) in [6.07, 6.45) is 0.574. The Bertz CT molecular complexity index is 83.1. The van der Waals surface area contributed by atoms with Crippen molar-refractivity contribution in [2.24, 2.45) is 0 Å². The standard InChI is InChI=1S/C6H14N2O/c1-3-8-6(9)4-5-7-2/h7H,3-5H2,1-2H3,(H,8,9). The number of carbonyl (C=O) groups excluding carboxylic acids is 1. The van der Waals surface area contributed by atoms with Crippen LogP contribution in [0.3, 0.4) is 0 Å². The molecule has 0 radical (unpaired) electrons. The summed E-state index contributed by atoms with van der Waals surface area (Å²) < 4.78 is 0. The normalized spacial score (nSPS) is 9.11. The fourth-order valence-electron chi connectivity index (χ4n) is 0.524. The molecule has 0 spiro atoms. The lowest BCUT2D eigenvalue weighted by molar-refractivity contribution is -0.120. The molecule has 0 unspecified atom stereocenters. The maximum absolute atomic E-state index is 10.7. The molecule has 0 bridgehead atoms. The van der Waals surface area contributed by atoms with Crippen molar-refractivity contribution >= 4 is 5.91 Å². The van der Waals surface area contributed by atoms with Crippen LogP contribution in [0.1, 0.15) is 13.3 Å². The van der Waals surface area contributed by atoms with Gasteiger partial charge in [-0.25, -0.2) is 0 Å². The first-order valence-corrected chi connectivity index (χ1v) is 3.22. The van der Waals surface area contributed by atoms with Crippen LogP contribution in [0.25, 0.3) is 0 Å². The molecular weight excluding hydrogens is 116 g/mol. The van der Waals surface area contributed by atoms with Gasteiger partial charge in [-0.1, -0.05) is 0 Å². The third kappa shape index (κ3) is 5.30. The van der Waals surface area contributed by atoms with E-state index in [-0.39, 0.29) is 5.91 Å². The number of nitrogens with one attached hydrogen (secondary N) is 2. The molecule has 0 aliphatic heterocycles. The summed E-state index contributed by atoms with van der Waals surface area (Å²) in [6.45, 7) is 3.39. The van der Waals surface area contributed by atoms with Crippen molar-refractivity contribution in [3.63, 3.8) is 0 Å². The Morgan fingerprint density at radius 1 is 1.56 bits per heavy atom.